The van der Waals surface area contributed by atoms with E-state index in [0.29, 0.717) is 11.6 Å². The van der Waals surface area contributed by atoms with Crippen molar-refractivity contribution in [2.24, 2.45) is 0 Å². The predicted molar refractivity (Wildman–Crippen MR) is 79.8 cm³/mol. The summed E-state index contributed by atoms with van der Waals surface area (Å²) in [6, 6.07) is 6.85. The third-order valence-corrected chi connectivity index (χ3v) is 5.67. The van der Waals surface area contributed by atoms with E-state index in [0.717, 1.165) is 19.5 Å². The van der Waals surface area contributed by atoms with Gasteiger partial charge in [-0.1, -0.05) is 12.1 Å². The molecular formula is C15H20N2O3S. The van der Waals surface area contributed by atoms with Gasteiger partial charge in [0.1, 0.15) is 0 Å². The Hall–Kier alpha value is -1.24. The van der Waals surface area contributed by atoms with Crippen LogP contribution >= 0.6 is 0 Å². The number of sulfonamides is 1. The number of nitrogens with one attached hydrogen (secondary N) is 1. The van der Waals surface area contributed by atoms with Gasteiger partial charge < -0.3 is 0 Å². The Morgan fingerprint density at radius 1 is 1.29 bits per heavy atom. The van der Waals surface area contributed by atoms with Crippen molar-refractivity contribution in [2.45, 2.75) is 43.2 Å². The van der Waals surface area contributed by atoms with Gasteiger partial charge >= 0.3 is 0 Å². The number of hydrogen-bond donors (Lipinski definition) is 1. The second-order valence-electron chi connectivity index (χ2n) is 5.92. The molecule has 2 aliphatic rings. The number of carbonyl (C=O) groups is 1. The fourth-order valence-electron chi connectivity index (χ4n) is 2.82. The molecule has 1 saturated carbocycles. The minimum absolute atomic E-state index is 0.0309. The van der Waals surface area contributed by atoms with Gasteiger partial charge in [-0.25, -0.2) is 13.1 Å². The summed E-state index contributed by atoms with van der Waals surface area (Å²) in [4.78, 5) is 13.9. The molecule has 1 aromatic rings. The summed E-state index contributed by atoms with van der Waals surface area (Å²) in [5.41, 5.74) is 0.420. The topological polar surface area (TPSA) is 66.5 Å². The molecular weight excluding hydrogens is 288 g/mol. The van der Waals surface area contributed by atoms with E-state index in [4.69, 9.17) is 0 Å². The average molecular weight is 308 g/mol. The van der Waals surface area contributed by atoms with E-state index >= 15 is 0 Å². The third kappa shape index (κ3) is 3.33. The maximum Gasteiger partial charge on any atom is 0.240 e. The maximum atomic E-state index is 12.4. The smallest absolute Gasteiger partial charge is 0.240 e. The average Bonchev–Trinajstić information content (AvgIpc) is 3.20. The molecule has 0 bridgehead atoms. The van der Waals surface area contributed by atoms with Crippen molar-refractivity contribution in [3.8, 4) is 0 Å². The highest BCUT2D eigenvalue weighted by atomic mass is 32.2. The first-order valence-corrected chi connectivity index (χ1v) is 8.81. The lowest BCUT2D eigenvalue weighted by Crippen LogP contribution is -2.37. The van der Waals surface area contributed by atoms with Crippen molar-refractivity contribution in [2.75, 3.05) is 13.1 Å². The van der Waals surface area contributed by atoms with E-state index in [9.17, 15) is 13.2 Å². The normalized spacial score (nSPS) is 23.4. The monoisotopic (exact) mass is 308 g/mol. The molecule has 1 aliphatic heterocycles. The van der Waals surface area contributed by atoms with Gasteiger partial charge in [0.25, 0.3) is 0 Å². The standard InChI is InChI=1S/C15H20N2O3S/c1-11(18)12-3-2-4-15(9-12)21(19,20)16-13-7-8-17(10-13)14-5-6-14/h2-4,9,13-14,16H,5-8,10H2,1H3. The molecule has 1 saturated heterocycles. The zero-order valence-electron chi connectivity index (χ0n) is 12.1. The number of benzene rings is 1. The van der Waals surface area contributed by atoms with Gasteiger partial charge in [0.05, 0.1) is 4.90 Å². The highest BCUT2D eigenvalue weighted by Gasteiger charge is 2.35. The fraction of sp³-hybridized carbons (Fsp3) is 0.533. The Morgan fingerprint density at radius 2 is 2.05 bits per heavy atom. The van der Waals surface area contributed by atoms with Gasteiger partial charge in [0.15, 0.2) is 5.78 Å². The Labute approximate surface area is 125 Å². The summed E-state index contributed by atoms with van der Waals surface area (Å²) in [7, 11) is -3.56. The Kier molecular flexibility index (Phi) is 3.86. The lowest BCUT2D eigenvalue weighted by atomic mass is 10.2. The number of rotatable bonds is 5. The van der Waals surface area contributed by atoms with Crippen LogP contribution in [-0.4, -0.2) is 44.3 Å². The van der Waals surface area contributed by atoms with E-state index in [1.807, 2.05) is 0 Å². The van der Waals surface area contributed by atoms with Gasteiger partial charge in [0.2, 0.25) is 10.0 Å². The van der Waals surface area contributed by atoms with Gasteiger partial charge in [0, 0.05) is 30.7 Å². The summed E-state index contributed by atoms with van der Waals surface area (Å²) < 4.78 is 27.6. The maximum absolute atomic E-state index is 12.4. The summed E-state index contributed by atoms with van der Waals surface area (Å²) >= 11 is 0. The zero-order valence-corrected chi connectivity index (χ0v) is 12.9. The van der Waals surface area contributed by atoms with Crippen LogP contribution in [0.2, 0.25) is 0 Å². The van der Waals surface area contributed by atoms with Crippen molar-refractivity contribution in [3.05, 3.63) is 29.8 Å². The molecule has 1 aromatic carbocycles. The minimum atomic E-state index is -3.56. The number of carbonyl (C=O) groups excluding carboxylic acids is 1. The van der Waals surface area contributed by atoms with Crippen molar-refractivity contribution in [3.63, 3.8) is 0 Å². The molecule has 0 radical (unpaired) electrons. The molecule has 0 spiro atoms. The van der Waals surface area contributed by atoms with Crippen LogP contribution in [0.5, 0.6) is 0 Å². The number of hydrogen-bond acceptors (Lipinski definition) is 4. The van der Waals surface area contributed by atoms with Crippen LogP contribution in [0, 0.1) is 0 Å². The Morgan fingerprint density at radius 3 is 2.71 bits per heavy atom. The molecule has 1 heterocycles. The molecule has 1 unspecified atom stereocenters. The Bertz CT molecular complexity index is 653. The van der Waals surface area contributed by atoms with Gasteiger partial charge in [-0.05, 0) is 38.3 Å². The zero-order chi connectivity index (χ0) is 15.0. The first-order valence-electron chi connectivity index (χ1n) is 7.33. The van der Waals surface area contributed by atoms with Crippen LogP contribution in [0.4, 0.5) is 0 Å². The summed E-state index contributed by atoms with van der Waals surface area (Å²) in [6.07, 6.45) is 3.32. The SMILES string of the molecule is CC(=O)c1cccc(S(=O)(=O)NC2CCN(C3CC3)C2)c1. The number of likely N-dealkylation sites (tertiary alicyclic amines) is 1. The molecule has 6 heteroatoms. The van der Waals surface area contributed by atoms with E-state index in [1.165, 1.54) is 31.9 Å². The molecule has 0 aromatic heterocycles. The first-order chi connectivity index (χ1) is 9.95. The van der Waals surface area contributed by atoms with Crippen LogP contribution in [0.1, 0.15) is 36.5 Å². The quantitative estimate of drug-likeness (QED) is 0.835. The van der Waals surface area contributed by atoms with Crippen molar-refractivity contribution < 1.29 is 13.2 Å². The molecule has 3 rings (SSSR count). The molecule has 1 atom stereocenters. The fourth-order valence-corrected chi connectivity index (χ4v) is 4.13. The van der Waals surface area contributed by atoms with Gasteiger partial charge in [-0.2, -0.15) is 0 Å². The Balaban J connectivity index is 1.71. The van der Waals surface area contributed by atoms with Gasteiger partial charge in [-0.3, -0.25) is 9.69 Å². The molecule has 0 amide bonds. The second kappa shape index (κ2) is 5.51. The van der Waals surface area contributed by atoms with E-state index in [2.05, 4.69) is 9.62 Å². The van der Waals surface area contributed by atoms with E-state index in [-0.39, 0.29) is 16.7 Å². The number of nitrogens with zero attached hydrogens (tertiary/aromatic N) is 1. The summed E-state index contributed by atoms with van der Waals surface area (Å²) in [5.74, 6) is -0.132. The molecule has 1 N–H and O–H groups in total. The highest BCUT2D eigenvalue weighted by Crippen LogP contribution is 2.30. The second-order valence-corrected chi connectivity index (χ2v) is 7.63. The molecule has 21 heavy (non-hydrogen) atoms. The first kappa shape index (κ1) is 14.7. The third-order valence-electron chi connectivity index (χ3n) is 4.16. The predicted octanol–water partition coefficient (Wildman–Crippen LogP) is 1.40. The lowest BCUT2D eigenvalue weighted by Gasteiger charge is -2.16. The van der Waals surface area contributed by atoms with Crippen LogP contribution in [0.3, 0.4) is 0 Å². The van der Waals surface area contributed by atoms with Crippen LogP contribution < -0.4 is 4.72 Å². The van der Waals surface area contributed by atoms with Crippen LogP contribution in [0.25, 0.3) is 0 Å². The molecule has 2 fully saturated rings. The lowest BCUT2D eigenvalue weighted by molar-refractivity contribution is 0.101. The van der Waals surface area contributed by atoms with Crippen LogP contribution in [0.15, 0.2) is 29.2 Å². The largest absolute Gasteiger partial charge is 0.299 e. The molecule has 114 valence electrons. The van der Waals surface area contributed by atoms with E-state index in [1.54, 1.807) is 12.1 Å². The summed E-state index contributed by atoms with van der Waals surface area (Å²) in [6.45, 7) is 3.19. The number of Topliss-reactive ketones (excluding diaryl/α,β-unsaturated/α-hetero) is 1. The van der Waals surface area contributed by atoms with Crippen molar-refractivity contribution in [1.29, 1.82) is 0 Å². The highest BCUT2D eigenvalue weighted by molar-refractivity contribution is 7.89. The van der Waals surface area contributed by atoms with Crippen molar-refractivity contribution >= 4 is 15.8 Å². The summed E-state index contributed by atoms with van der Waals surface area (Å²) in [5, 5.41) is 0. The van der Waals surface area contributed by atoms with E-state index < -0.39 is 10.0 Å². The molecule has 1 aliphatic carbocycles. The molecule has 5 nitrogen and oxygen atoms in total. The minimum Gasteiger partial charge on any atom is -0.299 e. The van der Waals surface area contributed by atoms with Gasteiger partial charge in [-0.15, -0.1) is 0 Å². The van der Waals surface area contributed by atoms with Crippen molar-refractivity contribution in [1.82, 2.24) is 9.62 Å². The van der Waals surface area contributed by atoms with Crippen LogP contribution in [-0.2, 0) is 10.0 Å². The number of ketones is 1.